The van der Waals surface area contributed by atoms with Crippen molar-refractivity contribution in [2.75, 3.05) is 17.8 Å². The third-order valence-corrected chi connectivity index (χ3v) is 6.47. The van der Waals surface area contributed by atoms with Gasteiger partial charge in [0.1, 0.15) is 11.1 Å². The predicted octanol–water partition coefficient (Wildman–Crippen LogP) is 5.33. The van der Waals surface area contributed by atoms with E-state index >= 15 is 0 Å². The first-order chi connectivity index (χ1) is 15.2. The Hall–Kier alpha value is -3.51. The van der Waals surface area contributed by atoms with Crippen molar-refractivity contribution < 1.29 is 9.53 Å². The van der Waals surface area contributed by atoms with E-state index in [2.05, 4.69) is 12.1 Å². The molecule has 0 radical (unpaired) electrons. The van der Waals surface area contributed by atoms with E-state index in [0.717, 1.165) is 33.9 Å². The Labute approximate surface area is 185 Å². The summed E-state index contributed by atoms with van der Waals surface area (Å²) in [5, 5.41) is 4.75. The van der Waals surface area contributed by atoms with Gasteiger partial charge in [-0.1, -0.05) is 54.6 Å². The molecule has 0 bridgehead atoms. The fraction of sp³-hybridized carbons (Fsp3) is 0.120. The quantitative estimate of drug-likeness (QED) is 0.432. The molecule has 0 saturated carbocycles. The molecule has 1 unspecified atom stereocenters. The molecule has 5 nitrogen and oxygen atoms in total. The molecule has 5 rings (SSSR count). The van der Waals surface area contributed by atoms with Crippen LogP contribution in [0.5, 0.6) is 5.75 Å². The number of nitrogens with zero attached hydrogens (tertiary/aromatic N) is 3. The predicted molar refractivity (Wildman–Crippen MR) is 125 cm³/mol. The summed E-state index contributed by atoms with van der Waals surface area (Å²) in [7, 11) is 1.63. The first-order valence-electron chi connectivity index (χ1n) is 10.0. The summed E-state index contributed by atoms with van der Waals surface area (Å²) in [6, 6.07) is 27.8. The molecule has 0 aliphatic carbocycles. The molecule has 31 heavy (non-hydrogen) atoms. The molecule has 2 heterocycles. The van der Waals surface area contributed by atoms with Gasteiger partial charge in [0.25, 0.3) is 0 Å². The number of benzene rings is 3. The number of amides is 1. The van der Waals surface area contributed by atoms with E-state index < -0.39 is 0 Å². The summed E-state index contributed by atoms with van der Waals surface area (Å²) in [6.45, 7) is 0. The summed E-state index contributed by atoms with van der Waals surface area (Å²) in [4.78, 5) is 14.8. The van der Waals surface area contributed by atoms with E-state index in [1.54, 1.807) is 18.9 Å². The number of aromatic nitrogens is 2. The fourth-order valence-electron chi connectivity index (χ4n) is 3.80. The number of ether oxygens (including phenoxy) is 1. The summed E-state index contributed by atoms with van der Waals surface area (Å²) in [6.07, 6.45) is 2.04. The zero-order valence-corrected chi connectivity index (χ0v) is 17.8. The Kier molecular flexibility index (Phi) is 5.22. The second kappa shape index (κ2) is 8.32. The molecule has 1 aliphatic rings. The molecule has 0 spiro atoms. The summed E-state index contributed by atoms with van der Waals surface area (Å²) < 4.78 is 7.28. The van der Waals surface area contributed by atoms with Gasteiger partial charge in [0.05, 0.1) is 24.2 Å². The number of carbonyl (C=O) groups excluding carboxylic acids is 1. The number of hydrogen-bond donors (Lipinski definition) is 0. The van der Waals surface area contributed by atoms with Crippen LogP contribution in [0.4, 0.5) is 5.69 Å². The van der Waals surface area contributed by atoms with Crippen molar-refractivity contribution in [3.63, 3.8) is 0 Å². The number of para-hydroxylation sites is 1. The summed E-state index contributed by atoms with van der Waals surface area (Å²) in [5.41, 5.74) is 4.72. The maximum atomic E-state index is 12.9. The lowest BCUT2D eigenvalue weighted by Crippen LogP contribution is -2.27. The SMILES string of the molecule is COc1cccc(N2C(=O)CSC2c2cn(-c3ccccc3)nc2-c2ccccc2)c1. The second-order valence-electron chi connectivity index (χ2n) is 7.21. The highest BCUT2D eigenvalue weighted by molar-refractivity contribution is 8.00. The standard InChI is InChI=1S/C25H21N3O2S/c1-30-21-14-8-13-20(15-21)28-23(29)17-31-25(28)22-16-27(19-11-6-3-7-12-19)26-24(22)18-9-4-2-5-10-18/h2-16,25H,17H2,1H3. The van der Waals surface area contributed by atoms with Crippen molar-refractivity contribution in [2.45, 2.75) is 5.37 Å². The average Bonchev–Trinajstić information content (AvgIpc) is 3.44. The molecule has 1 aromatic heterocycles. The largest absolute Gasteiger partial charge is 0.497 e. The molecule has 4 aromatic rings. The number of hydrogen-bond acceptors (Lipinski definition) is 4. The van der Waals surface area contributed by atoms with E-state index in [0.29, 0.717) is 5.75 Å². The monoisotopic (exact) mass is 427 g/mol. The lowest BCUT2D eigenvalue weighted by Gasteiger charge is -2.24. The minimum absolute atomic E-state index is 0.0784. The van der Waals surface area contributed by atoms with Crippen molar-refractivity contribution >= 4 is 23.4 Å². The van der Waals surface area contributed by atoms with Crippen molar-refractivity contribution in [1.82, 2.24) is 9.78 Å². The van der Waals surface area contributed by atoms with Crippen LogP contribution in [-0.4, -0.2) is 28.6 Å². The van der Waals surface area contributed by atoms with Crippen molar-refractivity contribution in [3.8, 4) is 22.7 Å². The molecule has 3 aromatic carbocycles. The van der Waals surface area contributed by atoms with Gasteiger partial charge in [0, 0.05) is 29.1 Å². The van der Waals surface area contributed by atoms with Gasteiger partial charge in [-0.3, -0.25) is 9.69 Å². The van der Waals surface area contributed by atoms with Crippen LogP contribution in [-0.2, 0) is 4.79 Å². The van der Waals surface area contributed by atoms with Crippen LogP contribution < -0.4 is 9.64 Å². The summed E-state index contributed by atoms with van der Waals surface area (Å²) >= 11 is 1.62. The average molecular weight is 428 g/mol. The fourth-order valence-corrected chi connectivity index (χ4v) is 4.97. The number of rotatable bonds is 5. The van der Waals surface area contributed by atoms with Crippen LogP contribution in [0, 0.1) is 0 Å². The Balaban J connectivity index is 1.64. The first kappa shape index (κ1) is 19.5. The highest BCUT2D eigenvalue weighted by atomic mass is 32.2. The minimum atomic E-state index is -0.174. The van der Waals surface area contributed by atoms with Gasteiger partial charge in [-0.25, -0.2) is 4.68 Å². The molecular formula is C25H21N3O2S. The van der Waals surface area contributed by atoms with Crippen LogP contribution in [0.1, 0.15) is 10.9 Å². The molecule has 154 valence electrons. The van der Waals surface area contributed by atoms with E-state index in [1.807, 2.05) is 88.6 Å². The Morgan fingerprint density at radius 2 is 1.65 bits per heavy atom. The van der Waals surface area contributed by atoms with Gasteiger partial charge in [-0.05, 0) is 24.3 Å². The van der Waals surface area contributed by atoms with Crippen molar-refractivity contribution in [3.05, 3.63) is 96.7 Å². The van der Waals surface area contributed by atoms with E-state index in [4.69, 9.17) is 9.84 Å². The van der Waals surface area contributed by atoms with Crippen molar-refractivity contribution in [1.29, 1.82) is 0 Å². The van der Waals surface area contributed by atoms with E-state index in [-0.39, 0.29) is 11.3 Å². The number of carbonyl (C=O) groups is 1. The van der Waals surface area contributed by atoms with Gasteiger partial charge in [-0.2, -0.15) is 5.10 Å². The third kappa shape index (κ3) is 3.70. The topological polar surface area (TPSA) is 47.4 Å². The number of methoxy groups -OCH3 is 1. The Morgan fingerprint density at radius 3 is 2.39 bits per heavy atom. The van der Waals surface area contributed by atoms with E-state index in [1.165, 1.54) is 0 Å². The smallest absolute Gasteiger partial charge is 0.238 e. The van der Waals surface area contributed by atoms with Gasteiger partial charge >= 0.3 is 0 Å². The summed E-state index contributed by atoms with van der Waals surface area (Å²) in [5.74, 6) is 1.23. The highest BCUT2D eigenvalue weighted by Crippen LogP contribution is 2.45. The number of thioether (sulfide) groups is 1. The number of anilines is 1. The zero-order chi connectivity index (χ0) is 21.2. The lowest BCUT2D eigenvalue weighted by molar-refractivity contribution is -0.115. The third-order valence-electron chi connectivity index (χ3n) is 5.28. The van der Waals surface area contributed by atoms with E-state index in [9.17, 15) is 4.79 Å². The highest BCUT2D eigenvalue weighted by Gasteiger charge is 2.37. The molecule has 1 saturated heterocycles. The van der Waals surface area contributed by atoms with Crippen molar-refractivity contribution in [2.24, 2.45) is 0 Å². The Bertz CT molecular complexity index is 1210. The molecule has 1 fully saturated rings. The maximum Gasteiger partial charge on any atom is 0.238 e. The zero-order valence-electron chi connectivity index (χ0n) is 17.0. The van der Waals surface area contributed by atoms with Gasteiger partial charge in [-0.15, -0.1) is 11.8 Å². The van der Waals surface area contributed by atoms with Gasteiger partial charge in [0.15, 0.2) is 0 Å². The lowest BCUT2D eigenvalue weighted by atomic mass is 10.1. The molecule has 6 heteroatoms. The van der Waals surface area contributed by atoms with Crippen LogP contribution >= 0.6 is 11.8 Å². The minimum Gasteiger partial charge on any atom is -0.497 e. The van der Waals surface area contributed by atoms with Crippen LogP contribution in [0.15, 0.2) is 91.1 Å². The van der Waals surface area contributed by atoms with Gasteiger partial charge in [0.2, 0.25) is 5.91 Å². The molecular weight excluding hydrogens is 406 g/mol. The molecule has 0 N–H and O–H groups in total. The van der Waals surface area contributed by atoms with Crippen LogP contribution in [0.25, 0.3) is 16.9 Å². The normalized spacial score (nSPS) is 16.0. The molecule has 1 aliphatic heterocycles. The molecule has 1 amide bonds. The molecule has 1 atom stereocenters. The van der Waals surface area contributed by atoms with Crippen LogP contribution in [0.3, 0.4) is 0 Å². The second-order valence-corrected chi connectivity index (χ2v) is 8.28. The first-order valence-corrected chi connectivity index (χ1v) is 11.1. The van der Waals surface area contributed by atoms with Crippen LogP contribution in [0.2, 0.25) is 0 Å². The van der Waals surface area contributed by atoms with Gasteiger partial charge < -0.3 is 4.74 Å². The Morgan fingerprint density at radius 1 is 0.935 bits per heavy atom. The maximum absolute atomic E-state index is 12.9.